The maximum absolute atomic E-state index is 15.0. The molecule has 0 aromatic carbocycles. The van der Waals surface area contributed by atoms with Gasteiger partial charge in [0.1, 0.15) is 0 Å². The van der Waals surface area contributed by atoms with Crippen molar-refractivity contribution in [3.05, 3.63) is 0 Å². The normalized spacial score (nSPS) is 49.2. The molecule has 0 heterocycles. The molecular formula is C11H10F10O4. The topological polar surface area (TPSA) is 58.9 Å². The van der Waals surface area contributed by atoms with Crippen LogP contribution in [-0.4, -0.2) is 77.5 Å². The number of alkyl halides is 10. The first-order valence-electron chi connectivity index (χ1n) is 6.27. The Hall–Kier alpha value is -0.860. The monoisotopic (exact) mass is 396 g/mol. The third-order valence-corrected chi connectivity index (χ3v) is 4.78. The fourth-order valence-corrected chi connectivity index (χ4v) is 3.50. The highest BCUT2D eigenvalue weighted by atomic mass is 19.3. The first-order chi connectivity index (χ1) is 11.0. The summed E-state index contributed by atoms with van der Waals surface area (Å²) in [5.41, 5.74) is -25.1. The highest BCUT2D eigenvalue weighted by Crippen LogP contribution is 2.83. The van der Waals surface area contributed by atoms with Crippen LogP contribution in [0.1, 0.15) is 0 Å². The molecule has 148 valence electrons. The molecule has 0 aromatic rings. The average molecular weight is 396 g/mol. The van der Waals surface area contributed by atoms with Crippen LogP contribution in [0.3, 0.4) is 0 Å². The van der Waals surface area contributed by atoms with E-state index in [-0.39, 0.29) is 14.2 Å². The number of aliphatic hydroxyl groups excluding tert-OH is 2. The summed E-state index contributed by atoms with van der Waals surface area (Å²) in [6.45, 7) is 0. The molecule has 6 atom stereocenters. The minimum absolute atomic E-state index is 0.167. The molecule has 4 nitrogen and oxygen atoms in total. The Morgan fingerprint density at radius 1 is 0.560 bits per heavy atom. The standard InChI is InChI=1S/C11H10F10O4/c1-24-3(22)5(12)6(13,4(23)25-2)8(15)9(16,17)7(5,14)10(18,19)11(8,20)21/h3-4,22-23H,1-2H3. The largest absolute Gasteiger partial charge is 0.365 e. The van der Waals surface area contributed by atoms with Gasteiger partial charge in [-0.25, -0.2) is 17.6 Å². The second-order valence-electron chi connectivity index (χ2n) is 5.64. The third-order valence-electron chi connectivity index (χ3n) is 4.78. The summed E-state index contributed by atoms with van der Waals surface area (Å²) < 4.78 is 149. The summed E-state index contributed by atoms with van der Waals surface area (Å²) in [5, 5.41) is 18.4. The number of ether oxygens (including phenoxy) is 2. The first kappa shape index (κ1) is 20.5. The molecule has 0 spiro atoms. The highest BCUT2D eigenvalue weighted by Gasteiger charge is 3.17. The van der Waals surface area contributed by atoms with Gasteiger partial charge in [-0.2, -0.15) is 26.3 Å². The van der Waals surface area contributed by atoms with E-state index in [1.54, 1.807) is 0 Å². The Morgan fingerprint density at radius 2 is 0.800 bits per heavy atom. The van der Waals surface area contributed by atoms with E-state index in [9.17, 15) is 54.1 Å². The van der Waals surface area contributed by atoms with Gasteiger partial charge in [0.05, 0.1) is 0 Å². The second kappa shape index (κ2) is 4.70. The molecule has 2 aliphatic carbocycles. The van der Waals surface area contributed by atoms with Gasteiger partial charge in [-0.1, -0.05) is 0 Å². The predicted octanol–water partition coefficient (Wildman–Crippen LogP) is 1.68. The van der Waals surface area contributed by atoms with Gasteiger partial charge in [0.25, 0.3) is 11.3 Å². The van der Waals surface area contributed by atoms with Crippen molar-refractivity contribution in [2.45, 2.75) is 53.0 Å². The number of fused-ring (bicyclic) bond motifs is 2. The molecule has 0 amide bonds. The number of hydrogen-bond acceptors (Lipinski definition) is 4. The minimum Gasteiger partial charge on any atom is -0.365 e. The first-order valence-corrected chi connectivity index (χ1v) is 6.27. The predicted molar refractivity (Wildman–Crippen MR) is 56.2 cm³/mol. The molecule has 14 heteroatoms. The van der Waals surface area contributed by atoms with E-state index in [1.807, 2.05) is 0 Å². The van der Waals surface area contributed by atoms with Gasteiger partial charge in [0, 0.05) is 14.2 Å². The lowest BCUT2D eigenvalue weighted by atomic mass is 9.67. The van der Waals surface area contributed by atoms with Crippen molar-refractivity contribution in [2.24, 2.45) is 0 Å². The maximum Gasteiger partial charge on any atom is 0.356 e. The Kier molecular flexibility index (Phi) is 3.84. The highest BCUT2D eigenvalue weighted by molar-refractivity contribution is 5.51. The van der Waals surface area contributed by atoms with Crippen molar-refractivity contribution in [1.29, 1.82) is 0 Å². The molecule has 0 aromatic heterocycles. The van der Waals surface area contributed by atoms with E-state index in [0.29, 0.717) is 0 Å². The van der Waals surface area contributed by atoms with E-state index < -0.39 is 53.0 Å². The fraction of sp³-hybridized carbons (Fsp3) is 1.00. The van der Waals surface area contributed by atoms with Gasteiger partial charge in [-0.05, 0) is 0 Å². The maximum atomic E-state index is 15.0. The molecule has 6 unspecified atom stereocenters. The summed E-state index contributed by atoms with van der Waals surface area (Å²) in [4.78, 5) is 0. The SMILES string of the molecule is COC(O)C1(F)C(F)(C(O)OC)C2(F)C(F)(F)C(F)(F)C1(F)C2(F)F. The lowest BCUT2D eigenvalue weighted by Crippen LogP contribution is -2.82. The number of rotatable bonds is 4. The number of halogens is 10. The lowest BCUT2D eigenvalue weighted by molar-refractivity contribution is -0.405. The van der Waals surface area contributed by atoms with Crippen molar-refractivity contribution in [3.63, 3.8) is 0 Å². The molecular weight excluding hydrogens is 386 g/mol. The van der Waals surface area contributed by atoms with Crippen molar-refractivity contribution in [1.82, 2.24) is 0 Å². The number of methoxy groups -OCH3 is 2. The second-order valence-corrected chi connectivity index (χ2v) is 5.64. The summed E-state index contributed by atoms with van der Waals surface area (Å²) in [5.74, 6) is -20.5. The Morgan fingerprint density at radius 3 is 1.00 bits per heavy atom. The van der Waals surface area contributed by atoms with Gasteiger partial charge in [-0.15, -0.1) is 0 Å². The molecule has 2 N–H and O–H groups in total. The lowest BCUT2D eigenvalue weighted by Gasteiger charge is -2.51. The minimum atomic E-state index is -6.85. The smallest absolute Gasteiger partial charge is 0.356 e. The summed E-state index contributed by atoms with van der Waals surface area (Å²) in [7, 11) is 0.334. The van der Waals surface area contributed by atoms with Crippen LogP contribution < -0.4 is 0 Å². The summed E-state index contributed by atoms with van der Waals surface area (Å²) in [6.07, 6.45) is -7.92. The summed E-state index contributed by atoms with van der Waals surface area (Å²) in [6, 6.07) is 0. The van der Waals surface area contributed by atoms with Crippen LogP contribution >= 0.6 is 0 Å². The van der Waals surface area contributed by atoms with E-state index >= 15 is 0 Å². The van der Waals surface area contributed by atoms with Crippen molar-refractivity contribution in [3.8, 4) is 0 Å². The van der Waals surface area contributed by atoms with Crippen LogP contribution in [0.4, 0.5) is 43.9 Å². The van der Waals surface area contributed by atoms with Crippen molar-refractivity contribution >= 4 is 0 Å². The zero-order valence-electron chi connectivity index (χ0n) is 12.1. The van der Waals surface area contributed by atoms with Crippen molar-refractivity contribution in [2.75, 3.05) is 14.2 Å². The molecule has 25 heavy (non-hydrogen) atoms. The summed E-state index contributed by atoms with van der Waals surface area (Å²) >= 11 is 0. The molecule has 2 bridgehead atoms. The third kappa shape index (κ3) is 1.36. The van der Waals surface area contributed by atoms with Crippen LogP contribution in [0.25, 0.3) is 0 Å². The molecule has 0 aliphatic heterocycles. The van der Waals surface area contributed by atoms with Crippen LogP contribution in [0.2, 0.25) is 0 Å². The zero-order chi connectivity index (χ0) is 20.1. The molecule has 2 aliphatic rings. The Labute approximate surface area is 132 Å². The average Bonchev–Trinajstić information content (AvgIpc) is 2.66. The zero-order valence-corrected chi connectivity index (χ0v) is 12.1. The molecule has 2 rings (SSSR count). The number of hydrogen-bond donors (Lipinski definition) is 2. The van der Waals surface area contributed by atoms with Gasteiger partial charge < -0.3 is 19.7 Å². The van der Waals surface area contributed by atoms with Crippen LogP contribution in [0.5, 0.6) is 0 Å². The van der Waals surface area contributed by atoms with Crippen LogP contribution in [0, 0.1) is 0 Å². The van der Waals surface area contributed by atoms with Crippen molar-refractivity contribution < 1.29 is 63.6 Å². The fourth-order valence-electron chi connectivity index (χ4n) is 3.50. The van der Waals surface area contributed by atoms with Crippen LogP contribution in [0.15, 0.2) is 0 Å². The Bertz CT molecular complexity index is 541. The van der Waals surface area contributed by atoms with Crippen LogP contribution in [-0.2, 0) is 9.47 Å². The van der Waals surface area contributed by atoms with Gasteiger partial charge >= 0.3 is 17.8 Å². The van der Waals surface area contributed by atoms with Gasteiger partial charge in [0.2, 0.25) is 11.3 Å². The van der Waals surface area contributed by atoms with E-state index in [0.717, 1.165) is 0 Å². The van der Waals surface area contributed by atoms with Gasteiger partial charge in [-0.3, -0.25) is 0 Å². The quantitative estimate of drug-likeness (QED) is 0.561. The van der Waals surface area contributed by atoms with E-state index in [4.69, 9.17) is 0 Å². The van der Waals surface area contributed by atoms with E-state index in [1.165, 1.54) is 0 Å². The molecule has 2 fully saturated rings. The van der Waals surface area contributed by atoms with E-state index in [2.05, 4.69) is 9.47 Å². The van der Waals surface area contributed by atoms with Gasteiger partial charge in [0.15, 0.2) is 12.6 Å². The molecule has 0 saturated heterocycles. The molecule has 0 radical (unpaired) electrons. The number of aliphatic hydroxyl groups is 2. The molecule has 2 saturated carbocycles. The Balaban J connectivity index is 3.07.